The van der Waals surface area contributed by atoms with Crippen LogP contribution in [0.15, 0.2) is 24.3 Å². The Labute approximate surface area is 187 Å². The molecule has 1 heterocycles. The van der Waals surface area contributed by atoms with Crippen molar-refractivity contribution in [3.05, 3.63) is 35.4 Å². The largest absolute Gasteiger partial charge is 0.481 e. The van der Waals surface area contributed by atoms with E-state index in [2.05, 4.69) is 6.07 Å². The second kappa shape index (κ2) is 13.0. The van der Waals surface area contributed by atoms with Crippen LogP contribution < -0.4 is 0 Å². The van der Waals surface area contributed by atoms with Crippen LogP contribution >= 0.6 is 11.8 Å². The van der Waals surface area contributed by atoms with Crippen molar-refractivity contribution in [3.63, 3.8) is 0 Å². The monoisotopic (exact) mass is 446 g/mol. The first-order valence-electron chi connectivity index (χ1n) is 10.8. The standard InChI is InChI=1S/C23H30N2O5S/c24-15-17-10-9-11-18(14-17)22-25(19(16-31-22)23(29)30)20(26)12-7-5-3-1-2-4-6-8-13-21(27)28/h9-11,14,19,22H,1-8,12-13,16H2,(H,27,28)(H,29,30)/t19-,22?/m0/s1. The zero-order valence-corrected chi connectivity index (χ0v) is 18.5. The lowest BCUT2D eigenvalue weighted by Gasteiger charge is -2.28. The van der Waals surface area contributed by atoms with Gasteiger partial charge in [0.05, 0.1) is 11.6 Å². The van der Waals surface area contributed by atoms with Gasteiger partial charge in [-0.25, -0.2) is 4.79 Å². The van der Waals surface area contributed by atoms with Gasteiger partial charge in [0, 0.05) is 18.6 Å². The molecule has 2 N–H and O–H groups in total. The second-order valence-electron chi connectivity index (χ2n) is 7.80. The van der Waals surface area contributed by atoms with Crippen LogP contribution in [-0.2, 0) is 14.4 Å². The van der Waals surface area contributed by atoms with Gasteiger partial charge in [-0.2, -0.15) is 5.26 Å². The number of nitrogens with zero attached hydrogens (tertiary/aromatic N) is 2. The maximum Gasteiger partial charge on any atom is 0.327 e. The Morgan fingerprint density at radius 1 is 1.00 bits per heavy atom. The molecule has 7 nitrogen and oxygen atoms in total. The van der Waals surface area contributed by atoms with E-state index in [4.69, 9.17) is 10.4 Å². The molecule has 31 heavy (non-hydrogen) atoms. The first-order chi connectivity index (χ1) is 14.9. The highest BCUT2D eigenvalue weighted by Crippen LogP contribution is 2.42. The maximum atomic E-state index is 12.9. The molecule has 1 aliphatic rings. The molecule has 8 heteroatoms. The number of carbonyl (C=O) groups is 3. The lowest BCUT2D eigenvalue weighted by Crippen LogP contribution is -2.42. The van der Waals surface area contributed by atoms with Crippen LogP contribution in [0.1, 0.15) is 80.7 Å². The fraction of sp³-hybridized carbons (Fsp3) is 0.565. The van der Waals surface area contributed by atoms with Crippen LogP contribution in [0.5, 0.6) is 0 Å². The molecule has 2 atom stereocenters. The molecule has 0 bridgehead atoms. The van der Waals surface area contributed by atoms with Gasteiger partial charge in [0.15, 0.2) is 0 Å². The van der Waals surface area contributed by atoms with Crippen LogP contribution in [0.4, 0.5) is 0 Å². The van der Waals surface area contributed by atoms with Gasteiger partial charge in [0.1, 0.15) is 11.4 Å². The molecule has 1 fully saturated rings. The van der Waals surface area contributed by atoms with Crippen molar-refractivity contribution in [3.8, 4) is 6.07 Å². The van der Waals surface area contributed by atoms with E-state index in [1.165, 1.54) is 16.7 Å². The Morgan fingerprint density at radius 2 is 1.61 bits per heavy atom. The van der Waals surface area contributed by atoms with Crippen LogP contribution in [0, 0.1) is 11.3 Å². The van der Waals surface area contributed by atoms with Gasteiger partial charge in [0.2, 0.25) is 5.91 Å². The molecular weight excluding hydrogens is 416 g/mol. The number of carbonyl (C=O) groups excluding carboxylic acids is 1. The minimum Gasteiger partial charge on any atom is -0.481 e. The fourth-order valence-corrected chi connectivity index (χ4v) is 5.19. The molecule has 0 aromatic heterocycles. The average Bonchev–Trinajstić information content (AvgIpc) is 3.20. The second-order valence-corrected chi connectivity index (χ2v) is 8.91. The molecule has 1 aromatic carbocycles. The van der Waals surface area contributed by atoms with Crippen molar-refractivity contribution in [2.45, 2.75) is 75.6 Å². The zero-order chi connectivity index (χ0) is 22.6. The van der Waals surface area contributed by atoms with Crippen molar-refractivity contribution in [1.82, 2.24) is 4.90 Å². The summed E-state index contributed by atoms with van der Waals surface area (Å²) < 4.78 is 0. The lowest BCUT2D eigenvalue weighted by molar-refractivity contribution is -0.149. The van der Waals surface area contributed by atoms with Gasteiger partial charge < -0.3 is 15.1 Å². The topological polar surface area (TPSA) is 119 Å². The number of rotatable bonds is 13. The zero-order valence-electron chi connectivity index (χ0n) is 17.7. The molecule has 1 amide bonds. The van der Waals surface area contributed by atoms with Gasteiger partial charge in [-0.15, -0.1) is 11.8 Å². The van der Waals surface area contributed by atoms with Crippen molar-refractivity contribution < 1.29 is 24.6 Å². The first-order valence-corrected chi connectivity index (χ1v) is 11.9. The van der Waals surface area contributed by atoms with E-state index in [0.717, 1.165) is 56.9 Å². The molecule has 168 valence electrons. The molecule has 0 radical (unpaired) electrons. The maximum absolute atomic E-state index is 12.9. The molecule has 0 aliphatic carbocycles. The third-order valence-corrected chi connectivity index (χ3v) is 6.73. The normalized spacial score (nSPS) is 18.0. The summed E-state index contributed by atoms with van der Waals surface area (Å²) in [5, 5.41) is 26.9. The Kier molecular flexibility index (Phi) is 10.4. The quantitative estimate of drug-likeness (QED) is 0.426. The van der Waals surface area contributed by atoms with E-state index in [1.54, 1.807) is 18.2 Å². The lowest BCUT2D eigenvalue weighted by atomic mass is 10.1. The highest BCUT2D eigenvalue weighted by Gasteiger charge is 2.41. The minimum atomic E-state index is -0.998. The summed E-state index contributed by atoms with van der Waals surface area (Å²) >= 11 is 1.42. The SMILES string of the molecule is N#Cc1cccc(C2SC[C@@H](C(=O)O)N2C(=O)CCCCCCCCCCC(=O)O)c1. The van der Waals surface area contributed by atoms with Gasteiger partial charge in [-0.1, -0.05) is 50.7 Å². The number of nitriles is 1. The molecule has 1 aromatic rings. The van der Waals surface area contributed by atoms with Crippen LogP contribution in [0.2, 0.25) is 0 Å². The Hall–Kier alpha value is -2.53. The number of hydrogen-bond acceptors (Lipinski definition) is 5. The first kappa shape index (κ1) is 24.7. The van der Waals surface area contributed by atoms with E-state index >= 15 is 0 Å². The van der Waals surface area contributed by atoms with Crippen LogP contribution in [-0.4, -0.2) is 44.8 Å². The molecule has 1 saturated heterocycles. The number of unbranched alkanes of at least 4 members (excludes halogenated alkanes) is 7. The Morgan fingerprint density at radius 3 is 2.19 bits per heavy atom. The summed E-state index contributed by atoms with van der Waals surface area (Å²) in [5.41, 5.74) is 1.27. The van der Waals surface area contributed by atoms with E-state index in [0.29, 0.717) is 17.7 Å². The summed E-state index contributed by atoms with van der Waals surface area (Å²) in [4.78, 5) is 36.5. The van der Waals surface area contributed by atoms with Crippen LogP contribution in [0.3, 0.4) is 0 Å². The molecule has 0 saturated carbocycles. The molecule has 0 spiro atoms. The number of benzene rings is 1. The number of thioether (sulfide) groups is 1. The molecular formula is C23H30N2O5S. The summed E-state index contributed by atoms with van der Waals surface area (Å²) in [7, 11) is 0. The van der Waals surface area contributed by atoms with Crippen LogP contribution in [0.25, 0.3) is 0 Å². The van der Waals surface area contributed by atoms with Gasteiger partial charge in [0.25, 0.3) is 0 Å². The van der Waals surface area contributed by atoms with Crippen molar-refractivity contribution in [1.29, 1.82) is 5.26 Å². The highest BCUT2D eigenvalue weighted by atomic mass is 32.2. The summed E-state index contributed by atoms with van der Waals surface area (Å²) in [5.74, 6) is -1.56. The number of carboxylic acids is 2. The summed E-state index contributed by atoms with van der Waals surface area (Å²) in [6, 6.07) is 8.24. The molecule has 1 unspecified atom stereocenters. The smallest absolute Gasteiger partial charge is 0.327 e. The third-order valence-electron chi connectivity index (χ3n) is 5.41. The predicted octanol–water partition coefficient (Wildman–Crippen LogP) is 4.57. The number of amides is 1. The number of hydrogen-bond donors (Lipinski definition) is 2. The Bertz CT molecular complexity index is 807. The third kappa shape index (κ3) is 7.91. The summed E-state index contributed by atoms with van der Waals surface area (Å²) in [6.45, 7) is 0. The highest BCUT2D eigenvalue weighted by molar-refractivity contribution is 7.99. The van der Waals surface area contributed by atoms with E-state index in [9.17, 15) is 19.5 Å². The molecule has 2 rings (SSSR count). The van der Waals surface area contributed by atoms with Gasteiger partial charge in [-0.05, 0) is 30.5 Å². The van der Waals surface area contributed by atoms with E-state index < -0.39 is 18.0 Å². The van der Waals surface area contributed by atoms with E-state index in [1.807, 2.05) is 6.07 Å². The molecule has 1 aliphatic heterocycles. The fourth-order valence-electron chi connectivity index (χ4n) is 3.76. The van der Waals surface area contributed by atoms with Crippen molar-refractivity contribution >= 4 is 29.6 Å². The average molecular weight is 447 g/mol. The van der Waals surface area contributed by atoms with Gasteiger partial charge in [-0.3, -0.25) is 9.59 Å². The predicted molar refractivity (Wildman–Crippen MR) is 118 cm³/mol. The van der Waals surface area contributed by atoms with Gasteiger partial charge >= 0.3 is 11.9 Å². The summed E-state index contributed by atoms with van der Waals surface area (Å²) in [6.07, 6.45) is 8.00. The Balaban J connectivity index is 1.79. The van der Waals surface area contributed by atoms with Crippen molar-refractivity contribution in [2.24, 2.45) is 0 Å². The minimum absolute atomic E-state index is 0.154. The van der Waals surface area contributed by atoms with E-state index in [-0.39, 0.29) is 17.7 Å². The number of aliphatic carboxylic acids is 2. The van der Waals surface area contributed by atoms with Crippen molar-refractivity contribution in [2.75, 3.05) is 5.75 Å². The number of carboxylic acid groups (broad SMARTS) is 2.